The van der Waals surface area contributed by atoms with Crippen molar-refractivity contribution in [3.8, 4) is 5.75 Å². The number of anilines is 2. The monoisotopic (exact) mass is 388 g/mol. The first kappa shape index (κ1) is 19.5. The molecule has 3 rings (SSSR count). The van der Waals surface area contributed by atoms with Crippen LogP contribution in [0.2, 0.25) is 0 Å². The van der Waals surface area contributed by atoms with E-state index in [-0.39, 0.29) is 24.5 Å². The molecule has 8 heteroatoms. The van der Waals surface area contributed by atoms with Crippen molar-refractivity contribution in [2.45, 2.75) is 25.9 Å². The highest BCUT2D eigenvalue weighted by atomic mass is 19.1. The normalized spacial score (nSPS) is 15.6. The fourth-order valence-corrected chi connectivity index (χ4v) is 2.88. The number of halogens is 2. The predicted molar refractivity (Wildman–Crippen MR) is 98.5 cm³/mol. The number of rotatable bonds is 5. The Balaban J connectivity index is 1.66. The zero-order chi connectivity index (χ0) is 20.4. The standard InChI is InChI=1S/C20H18F2N2O4/c1-11-20(27)24(2)15-10-12(6-8-17(15)28-11)16(25)7-9-18(26)23-19-13(21)4-3-5-14(19)22/h3-6,8,10-11H,7,9H2,1-2H3,(H,23,26). The molecule has 2 amide bonds. The molecule has 0 aliphatic carbocycles. The van der Waals surface area contributed by atoms with Gasteiger partial charge in [0, 0.05) is 25.5 Å². The number of hydrogen-bond donors (Lipinski definition) is 1. The van der Waals surface area contributed by atoms with E-state index in [4.69, 9.17) is 4.74 Å². The number of nitrogens with one attached hydrogen (secondary N) is 1. The zero-order valence-corrected chi connectivity index (χ0v) is 15.3. The van der Waals surface area contributed by atoms with E-state index in [0.29, 0.717) is 17.0 Å². The largest absolute Gasteiger partial charge is 0.479 e. The Labute approximate surface area is 160 Å². The summed E-state index contributed by atoms with van der Waals surface area (Å²) in [7, 11) is 1.59. The topological polar surface area (TPSA) is 75.7 Å². The number of fused-ring (bicyclic) bond motifs is 1. The van der Waals surface area contributed by atoms with Gasteiger partial charge in [-0.25, -0.2) is 8.78 Å². The lowest BCUT2D eigenvalue weighted by Crippen LogP contribution is -2.42. The van der Waals surface area contributed by atoms with Crippen molar-refractivity contribution in [3.05, 3.63) is 53.6 Å². The maximum atomic E-state index is 13.6. The molecule has 0 saturated heterocycles. The number of likely N-dealkylation sites (N-methyl/N-ethyl adjacent to an activating group) is 1. The predicted octanol–water partition coefficient (Wildman–Crippen LogP) is 3.31. The Morgan fingerprint density at radius 2 is 1.82 bits per heavy atom. The maximum Gasteiger partial charge on any atom is 0.267 e. The molecule has 1 aliphatic rings. The lowest BCUT2D eigenvalue weighted by atomic mass is 10.0. The third kappa shape index (κ3) is 3.85. The van der Waals surface area contributed by atoms with Crippen LogP contribution in [-0.2, 0) is 9.59 Å². The molecule has 28 heavy (non-hydrogen) atoms. The minimum atomic E-state index is -0.892. The van der Waals surface area contributed by atoms with E-state index in [9.17, 15) is 23.2 Å². The Hall–Kier alpha value is -3.29. The van der Waals surface area contributed by atoms with E-state index in [1.54, 1.807) is 26.1 Å². The van der Waals surface area contributed by atoms with Crippen molar-refractivity contribution in [1.29, 1.82) is 0 Å². The summed E-state index contributed by atoms with van der Waals surface area (Å²) in [5.41, 5.74) is 0.230. The molecule has 1 atom stereocenters. The van der Waals surface area contributed by atoms with E-state index in [1.807, 2.05) is 0 Å². The summed E-state index contributed by atoms with van der Waals surface area (Å²) in [5, 5.41) is 2.14. The smallest absolute Gasteiger partial charge is 0.267 e. The van der Waals surface area contributed by atoms with Crippen LogP contribution in [0.25, 0.3) is 0 Å². The van der Waals surface area contributed by atoms with Gasteiger partial charge in [0.2, 0.25) is 5.91 Å². The molecule has 0 aromatic heterocycles. The molecule has 0 bridgehead atoms. The summed E-state index contributed by atoms with van der Waals surface area (Å²) in [6.45, 7) is 1.64. The summed E-state index contributed by atoms with van der Waals surface area (Å²) < 4.78 is 32.6. The zero-order valence-electron chi connectivity index (χ0n) is 15.3. The van der Waals surface area contributed by atoms with E-state index < -0.39 is 29.3 Å². The number of carbonyl (C=O) groups excluding carboxylic acids is 3. The van der Waals surface area contributed by atoms with E-state index >= 15 is 0 Å². The SMILES string of the molecule is CC1Oc2ccc(C(=O)CCC(=O)Nc3c(F)cccc3F)cc2N(C)C1=O. The molecule has 1 N–H and O–H groups in total. The molecule has 1 unspecified atom stereocenters. The summed E-state index contributed by atoms with van der Waals surface area (Å²) in [4.78, 5) is 37.8. The molecule has 0 saturated carbocycles. The van der Waals surface area contributed by atoms with Gasteiger partial charge in [-0.3, -0.25) is 14.4 Å². The summed E-state index contributed by atoms with van der Waals surface area (Å²) in [5.74, 6) is -2.55. The fourth-order valence-electron chi connectivity index (χ4n) is 2.88. The number of ether oxygens (including phenoxy) is 1. The van der Waals surface area contributed by atoms with Crippen molar-refractivity contribution < 1.29 is 27.9 Å². The van der Waals surface area contributed by atoms with Crippen molar-refractivity contribution in [2.24, 2.45) is 0 Å². The first-order valence-electron chi connectivity index (χ1n) is 8.63. The van der Waals surface area contributed by atoms with Gasteiger partial charge in [0.15, 0.2) is 11.9 Å². The van der Waals surface area contributed by atoms with Crippen LogP contribution in [0.1, 0.15) is 30.1 Å². The number of ketones is 1. The van der Waals surface area contributed by atoms with E-state index in [2.05, 4.69) is 5.32 Å². The average molecular weight is 388 g/mol. The Morgan fingerprint density at radius 1 is 1.14 bits per heavy atom. The van der Waals surface area contributed by atoms with Crippen LogP contribution < -0.4 is 15.0 Å². The quantitative estimate of drug-likeness (QED) is 0.798. The molecule has 0 spiro atoms. The van der Waals surface area contributed by atoms with Gasteiger partial charge in [-0.2, -0.15) is 0 Å². The Kier molecular flexibility index (Phi) is 5.39. The minimum absolute atomic E-state index is 0.157. The number of para-hydroxylation sites is 1. The second-order valence-corrected chi connectivity index (χ2v) is 6.41. The van der Waals surface area contributed by atoms with Crippen LogP contribution in [-0.4, -0.2) is 30.7 Å². The third-order valence-corrected chi connectivity index (χ3v) is 4.43. The number of carbonyl (C=O) groups is 3. The lowest BCUT2D eigenvalue weighted by molar-refractivity contribution is -0.125. The number of benzene rings is 2. The van der Waals surface area contributed by atoms with Gasteiger partial charge >= 0.3 is 0 Å². The van der Waals surface area contributed by atoms with Crippen molar-refractivity contribution in [1.82, 2.24) is 0 Å². The molecular formula is C20H18F2N2O4. The third-order valence-electron chi connectivity index (χ3n) is 4.43. The van der Waals surface area contributed by atoms with Crippen molar-refractivity contribution >= 4 is 29.0 Å². The van der Waals surface area contributed by atoms with Gasteiger partial charge in [-0.15, -0.1) is 0 Å². The van der Waals surface area contributed by atoms with Gasteiger partial charge in [0.25, 0.3) is 5.91 Å². The van der Waals surface area contributed by atoms with Gasteiger partial charge in [0.1, 0.15) is 23.1 Å². The van der Waals surface area contributed by atoms with Crippen LogP contribution in [0, 0.1) is 11.6 Å². The van der Waals surface area contributed by atoms with Gasteiger partial charge < -0.3 is 15.0 Å². The lowest BCUT2D eigenvalue weighted by Gasteiger charge is -2.30. The summed E-state index contributed by atoms with van der Waals surface area (Å²) in [6.07, 6.45) is -1.01. The number of amides is 2. The van der Waals surface area contributed by atoms with Crippen LogP contribution >= 0.6 is 0 Å². The van der Waals surface area contributed by atoms with E-state index in [1.165, 1.54) is 17.0 Å². The first-order valence-corrected chi connectivity index (χ1v) is 8.63. The highest BCUT2D eigenvalue weighted by molar-refractivity contribution is 6.04. The molecule has 1 aliphatic heterocycles. The average Bonchev–Trinajstić information content (AvgIpc) is 2.67. The molecule has 2 aromatic carbocycles. The fraction of sp³-hybridized carbons (Fsp3) is 0.250. The van der Waals surface area contributed by atoms with Gasteiger partial charge in [-0.05, 0) is 37.3 Å². The van der Waals surface area contributed by atoms with Crippen LogP contribution in [0.3, 0.4) is 0 Å². The molecule has 6 nitrogen and oxygen atoms in total. The summed E-state index contributed by atoms with van der Waals surface area (Å²) >= 11 is 0. The molecule has 0 fully saturated rings. The Morgan fingerprint density at radius 3 is 2.50 bits per heavy atom. The van der Waals surface area contributed by atoms with Crippen LogP contribution in [0.15, 0.2) is 36.4 Å². The van der Waals surface area contributed by atoms with Gasteiger partial charge in [0.05, 0.1) is 5.69 Å². The molecule has 1 heterocycles. The second kappa shape index (κ2) is 7.75. The highest BCUT2D eigenvalue weighted by Gasteiger charge is 2.29. The van der Waals surface area contributed by atoms with Crippen LogP contribution in [0.4, 0.5) is 20.2 Å². The number of Topliss-reactive ketones (excluding diaryl/α,β-unsaturated/α-hetero) is 1. The maximum absolute atomic E-state index is 13.6. The Bertz CT molecular complexity index is 941. The van der Waals surface area contributed by atoms with Crippen molar-refractivity contribution in [2.75, 3.05) is 17.3 Å². The molecule has 0 radical (unpaired) electrons. The number of hydrogen-bond acceptors (Lipinski definition) is 4. The minimum Gasteiger partial charge on any atom is -0.479 e. The molecule has 146 valence electrons. The molecule has 2 aromatic rings. The van der Waals surface area contributed by atoms with Gasteiger partial charge in [-0.1, -0.05) is 6.07 Å². The molecular weight excluding hydrogens is 370 g/mol. The first-order chi connectivity index (χ1) is 13.3. The van der Waals surface area contributed by atoms with Crippen molar-refractivity contribution in [3.63, 3.8) is 0 Å². The van der Waals surface area contributed by atoms with Crippen LogP contribution in [0.5, 0.6) is 5.75 Å². The summed E-state index contributed by atoms with van der Waals surface area (Å²) in [6, 6.07) is 7.90. The second-order valence-electron chi connectivity index (χ2n) is 6.41. The van der Waals surface area contributed by atoms with E-state index in [0.717, 1.165) is 12.1 Å². The number of nitrogens with zero attached hydrogens (tertiary/aromatic N) is 1. The highest BCUT2D eigenvalue weighted by Crippen LogP contribution is 2.34.